The predicted molar refractivity (Wildman–Crippen MR) is 93.9 cm³/mol. The van der Waals surface area contributed by atoms with Gasteiger partial charge < -0.3 is 10.1 Å². The Hall–Kier alpha value is -2.03. The molecule has 0 radical (unpaired) electrons. The highest BCUT2D eigenvalue weighted by Crippen LogP contribution is 2.29. The molecule has 1 aliphatic heterocycles. The summed E-state index contributed by atoms with van der Waals surface area (Å²) in [5.74, 6) is -0.588. The van der Waals surface area contributed by atoms with E-state index in [-0.39, 0.29) is 10.6 Å². The summed E-state index contributed by atoms with van der Waals surface area (Å²) in [5.41, 5.74) is 0.117. The van der Waals surface area contributed by atoms with Gasteiger partial charge in [-0.1, -0.05) is 12.1 Å². The van der Waals surface area contributed by atoms with Crippen molar-refractivity contribution in [1.82, 2.24) is 14.6 Å². The topological polar surface area (TPSA) is 88.6 Å². The summed E-state index contributed by atoms with van der Waals surface area (Å²) in [6, 6.07) is 6.84. The number of sulfonamides is 1. The third-order valence-electron chi connectivity index (χ3n) is 4.62. The molecule has 1 fully saturated rings. The molecule has 25 heavy (non-hydrogen) atoms. The fourth-order valence-electron chi connectivity index (χ4n) is 3.19. The fourth-order valence-corrected chi connectivity index (χ4v) is 4.86. The number of nitrogens with zero attached hydrogens (tertiary/aromatic N) is 2. The van der Waals surface area contributed by atoms with Gasteiger partial charge >= 0.3 is 5.97 Å². The molecule has 8 heteroatoms. The van der Waals surface area contributed by atoms with E-state index in [4.69, 9.17) is 4.74 Å². The molecular formula is C17H21N3O4S. The standard InChI is InChI=1S/C17H21N3O4S/c1-18-12-7-10-20(11-8-12)25(22,23)15-5-3-4-14-13(15)6-9-19-16(14)17(21)24-2/h3-6,9,12,18H,7-8,10-11H2,1-2H3. The number of ether oxygens (including phenoxy) is 1. The number of hydrogen-bond donors (Lipinski definition) is 1. The summed E-state index contributed by atoms with van der Waals surface area (Å²) in [6.45, 7) is 0.943. The van der Waals surface area contributed by atoms with Crippen molar-refractivity contribution in [1.29, 1.82) is 0 Å². The number of pyridine rings is 1. The second kappa shape index (κ2) is 7.07. The van der Waals surface area contributed by atoms with Gasteiger partial charge in [0.2, 0.25) is 10.0 Å². The van der Waals surface area contributed by atoms with Crippen LogP contribution in [0, 0.1) is 0 Å². The van der Waals surface area contributed by atoms with Gasteiger partial charge in [0.15, 0.2) is 5.69 Å². The van der Waals surface area contributed by atoms with E-state index in [1.54, 1.807) is 24.3 Å². The average Bonchev–Trinajstić information content (AvgIpc) is 2.66. The summed E-state index contributed by atoms with van der Waals surface area (Å²) in [6.07, 6.45) is 2.98. The summed E-state index contributed by atoms with van der Waals surface area (Å²) < 4.78 is 32.5. The van der Waals surface area contributed by atoms with Gasteiger partial charge in [0.1, 0.15) is 0 Å². The molecule has 0 atom stereocenters. The summed E-state index contributed by atoms with van der Waals surface area (Å²) >= 11 is 0. The van der Waals surface area contributed by atoms with Crippen molar-refractivity contribution in [3.63, 3.8) is 0 Å². The van der Waals surface area contributed by atoms with E-state index in [1.807, 2.05) is 7.05 Å². The number of benzene rings is 1. The largest absolute Gasteiger partial charge is 0.464 e. The van der Waals surface area contributed by atoms with Crippen LogP contribution in [0.15, 0.2) is 35.4 Å². The van der Waals surface area contributed by atoms with Crippen molar-refractivity contribution in [2.24, 2.45) is 0 Å². The lowest BCUT2D eigenvalue weighted by molar-refractivity contribution is 0.0596. The lowest BCUT2D eigenvalue weighted by atomic mass is 10.1. The second-order valence-corrected chi connectivity index (χ2v) is 7.88. The van der Waals surface area contributed by atoms with E-state index in [0.717, 1.165) is 12.8 Å². The Morgan fingerprint density at radius 3 is 2.60 bits per heavy atom. The molecule has 134 valence electrons. The molecule has 0 aliphatic carbocycles. The molecule has 2 heterocycles. The SMILES string of the molecule is CNC1CCN(S(=O)(=O)c2cccc3c(C(=O)OC)nccc23)CC1. The third kappa shape index (κ3) is 3.24. The van der Waals surface area contributed by atoms with Crippen molar-refractivity contribution in [3.8, 4) is 0 Å². The van der Waals surface area contributed by atoms with Gasteiger partial charge in [-0.05, 0) is 32.0 Å². The predicted octanol–water partition coefficient (Wildman–Crippen LogP) is 1.39. The zero-order valence-corrected chi connectivity index (χ0v) is 15.0. The maximum Gasteiger partial charge on any atom is 0.357 e. The first kappa shape index (κ1) is 17.8. The van der Waals surface area contributed by atoms with Crippen LogP contribution in [0.25, 0.3) is 10.8 Å². The molecule has 1 aliphatic rings. The minimum Gasteiger partial charge on any atom is -0.464 e. The van der Waals surface area contributed by atoms with Gasteiger partial charge in [-0.25, -0.2) is 18.2 Å². The summed E-state index contributed by atoms with van der Waals surface area (Å²) in [4.78, 5) is 16.1. The van der Waals surface area contributed by atoms with Crippen molar-refractivity contribution in [3.05, 3.63) is 36.2 Å². The molecule has 0 spiro atoms. The normalized spacial score (nSPS) is 16.9. The molecule has 1 aromatic carbocycles. The number of hydrogen-bond acceptors (Lipinski definition) is 6. The molecule has 1 aromatic heterocycles. The van der Waals surface area contributed by atoms with Crippen molar-refractivity contribution >= 4 is 26.8 Å². The Morgan fingerprint density at radius 1 is 1.24 bits per heavy atom. The molecule has 0 unspecified atom stereocenters. The molecule has 7 nitrogen and oxygen atoms in total. The summed E-state index contributed by atoms with van der Waals surface area (Å²) in [5, 5.41) is 4.14. The Kier molecular flexibility index (Phi) is 5.03. The van der Waals surface area contributed by atoms with Crippen molar-refractivity contribution in [2.75, 3.05) is 27.2 Å². The number of fused-ring (bicyclic) bond motifs is 1. The minimum absolute atomic E-state index is 0.117. The highest BCUT2D eigenvalue weighted by atomic mass is 32.2. The lowest BCUT2D eigenvalue weighted by Gasteiger charge is -2.31. The van der Waals surface area contributed by atoms with Crippen LogP contribution in [0.4, 0.5) is 0 Å². The minimum atomic E-state index is -3.64. The number of carbonyl (C=O) groups is 1. The Bertz CT molecular complexity index is 890. The van der Waals surface area contributed by atoms with Crippen LogP contribution in [0.3, 0.4) is 0 Å². The highest BCUT2D eigenvalue weighted by Gasteiger charge is 2.30. The molecule has 0 saturated carbocycles. The number of carbonyl (C=O) groups excluding carboxylic acids is 1. The molecule has 1 N–H and O–H groups in total. The Balaban J connectivity index is 2.05. The number of methoxy groups -OCH3 is 1. The molecule has 3 rings (SSSR count). The maximum atomic E-state index is 13.1. The monoisotopic (exact) mass is 363 g/mol. The van der Waals surface area contributed by atoms with Crippen LogP contribution in [0.5, 0.6) is 0 Å². The lowest BCUT2D eigenvalue weighted by Crippen LogP contribution is -2.43. The van der Waals surface area contributed by atoms with E-state index >= 15 is 0 Å². The molecule has 1 saturated heterocycles. The Morgan fingerprint density at radius 2 is 1.96 bits per heavy atom. The van der Waals surface area contributed by atoms with Crippen molar-refractivity contribution in [2.45, 2.75) is 23.8 Å². The average molecular weight is 363 g/mol. The number of nitrogens with one attached hydrogen (secondary N) is 1. The van der Waals surface area contributed by atoms with E-state index in [1.165, 1.54) is 17.6 Å². The summed E-state index contributed by atoms with van der Waals surface area (Å²) in [7, 11) is -0.481. The first-order chi connectivity index (χ1) is 12.0. The molecule has 0 bridgehead atoms. The third-order valence-corrected chi connectivity index (χ3v) is 6.58. The van der Waals surface area contributed by atoms with Crippen LogP contribution in [-0.2, 0) is 14.8 Å². The quantitative estimate of drug-likeness (QED) is 0.826. The maximum absolute atomic E-state index is 13.1. The Labute approximate surface area is 147 Å². The number of aromatic nitrogens is 1. The van der Waals surface area contributed by atoms with Crippen molar-refractivity contribution < 1.29 is 17.9 Å². The highest BCUT2D eigenvalue weighted by molar-refractivity contribution is 7.89. The van der Waals surface area contributed by atoms with Gasteiger partial charge in [-0.2, -0.15) is 4.31 Å². The number of piperidine rings is 1. The van der Waals surface area contributed by atoms with Crippen LogP contribution in [0.2, 0.25) is 0 Å². The first-order valence-corrected chi connectivity index (χ1v) is 9.56. The van der Waals surface area contributed by atoms with Gasteiger partial charge in [0.05, 0.1) is 12.0 Å². The number of esters is 1. The molecule has 2 aromatic rings. The number of rotatable bonds is 4. The van der Waals surface area contributed by atoms with E-state index in [0.29, 0.717) is 29.9 Å². The fraction of sp³-hybridized carbons (Fsp3) is 0.412. The zero-order valence-electron chi connectivity index (χ0n) is 14.2. The van der Waals surface area contributed by atoms with Gasteiger partial charge in [-0.3, -0.25) is 0 Å². The van der Waals surface area contributed by atoms with Gasteiger partial charge in [-0.15, -0.1) is 0 Å². The van der Waals surface area contributed by atoms with Gasteiger partial charge in [0, 0.05) is 36.1 Å². The van der Waals surface area contributed by atoms with Crippen LogP contribution in [0.1, 0.15) is 23.3 Å². The first-order valence-electron chi connectivity index (χ1n) is 8.12. The van der Waals surface area contributed by atoms with Crippen LogP contribution >= 0.6 is 0 Å². The second-order valence-electron chi connectivity index (χ2n) is 5.97. The molecular weight excluding hydrogens is 342 g/mol. The van der Waals surface area contributed by atoms with Gasteiger partial charge in [0.25, 0.3) is 0 Å². The molecule has 0 amide bonds. The smallest absolute Gasteiger partial charge is 0.357 e. The van der Waals surface area contributed by atoms with E-state index < -0.39 is 16.0 Å². The van der Waals surface area contributed by atoms with E-state index in [2.05, 4.69) is 10.3 Å². The van der Waals surface area contributed by atoms with Crippen LogP contribution in [-0.4, -0.2) is 57.0 Å². The van der Waals surface area contributed by atoms with E-state index in [9.17, 15) is 13.2 Å². The van der Waals surface area contributed by atoms with Crippen LogP contribution < -0.4 is 5.32 Å². The zero-order chi connectivity index (χ0) is 18.0.